The summed E-state index contributed by atoms with van der Waals surface area (Å²) in [4.78, 5) is 0. The number of hydrogen-bond donors (Lipinski definition) is 12. The fourth-order valence-corrected chi connectivity index (χ4v) is 4.90. The lowest BCUT2D eigenvalue weighted by Gasteiger charge is -2.51. The quantitative estimate of drug-likeness (QED) is 0.0892. The summed E-state index contributed by atoms with van der Waals surface area (Å²) >= 11 is 5.95. The third-order valence-electron chi connectivity index (χ3n) is 6.92. The number of rotatable bonds is 9. The molecule has 0 aromatic rings. The van der Waals surface area contributed by atoms with Crippen LogP contribution in [0.3, 0.4) is 0 Å². The van der Waals surface area contributed by atoms with E-state index in [1.54, 1.807) is 0 Å². The summed E-state index contributed by atoms with van der Waals surface area (Å²) in [6.45, 7) is -0.784. The zero-order valence-electron chi connectivity index (χ0n) is 20.5. The minimum Gasteiger partial charge on any atom is -0.394 e. The Morgan fingerprint density at radius 3 is 1.84 bits per heavy atom. The average molecular weight is 579 g/mol. The minimum atomic E-state index is -2.00. The van der Waals surface area contributed by atoms with Crippen LogP contribution in [0.2, 0.25) is 0 Å². The monoisotopic (exact) mass is 578 g/mol. The number of aliphatic hydroxyl groups is 8. The molecule has 0 saturated carbocycles. The van der Waals surface area contributed by atoms with E-state index in [4.69, 9.17) is 52.5 Å². The topological polar surface area (TPSA) is 298 Å². The van der Waals surface area contributed by atoms with Gasteiger partial charge in [0, 0.05) is 0 Å². The molecule has 3 aliphatic rings. The molecule has 3 unspecified atom stereocenters. The molecule has 17 nitrogen and oxygen atoms in total. The molecule has 3 rings (SSSR count). The van der Waals surface area contributed by atoms with Gasteiger partial charge >= 0.3 is 0 Å². The molecule has 0 bridgehead atoms. The van der Waals surface area contributed by atoms with Gasteiger partial charge < -0.3 is 81.7 Å². The molecule has 0 amide bonds. The molecule has 3 fully saturated rings. The predicted molar refractivity (Wildman–Crippen MR) is 125 cm³/mol. The van der Waals surface area contributed by atoms with E-state index in [1.807, 2.05) is 0 Å². The van der Waals surface area contributed by atoms with Crippen LogP contribution in [0.1, 0.15) is 6.92 Å². The Balaban J connectivity index is 1.77. The Bertz CT molecular complexity index is 760. The molecular formula is C20H39ClN4O13. The molecule has 38 heavy (non-hydrogen) atoms. The van der Waals surface area contributed by atoms with E-state index in [9.17, 15) is 40.9 Å². The highest BCUT2D eigenvalue weighted by atomic mass is 35.5. The van der Waals surface area contributed by atoms with Gasteiger partial charge in [-0.3, -0.25) is 5.32 Å². The second-order valence-electron chi connectivity index (χ2n) is 9.62. The summed E-state index contributed by atoms with van der Waals surface area (Å²) in [5.74, 6) is 0. The van der Waals surface area contributed by atoms with Crippen LogP contribution in [-0.2, 0) is 23.7 Å². The van der Waals surface area contributed by atoms with Gasteiger partial charge in [-0.2, -0.15) is 0 Å². The largest absolute Gasteiger partial charge is 0.394 e. The smallest absolute Gasteiger partial charge is 0.178 e. The van der Waals surface area contributed by atoms with Crippen LogP contribution in [-0.4, -0.2) is 158 Å². The molecule has 0 aromatic carbocycles. The zero-order chi connectivity index (χ0) is 28.5. The molecule has 0 radical (unpaired) electrons. The summed E-state index contributed by atoms with van der Waals surface area (Å²) < 4.78 is 28.0. The van der Waals surface area contributed by atoms with Gasteiger partial charge in [0.05, 0.1) is 43.4 Å². The second kappa shape index (κ2) is 13.1. The van der Waals surface area contributed by atoms with Crippen LogP contribution in [0.15, 0.2) is 0 Å². The van der Waals surface area contributed by atoms with Crippen LogP contribution in [0.25, 0.3) is 0 Å². The first-order chi connectivity index (χ1) is 17.8. The van der Waals surface area contributed by atoms with Crippen molar-refractivity contribution in [2.45, 2.75) is 104 Å². The summed E-state index contributed by atoms with van der Waals surface area (Å²) in [5, 5.41) is 84.3. The van der Waals surface area contributed by atoms with Crippen molar-refractivity contribution in [2.75, 3.05) is 19.8 Å². The van der Waals surface area contributed by atoms with Gasteiger partial charge in [-0.15, -0.1) is 11.6 Å². The fourth-order valence-electron chi connectivity index (χ4n) is 4.71. The van der Waals surface area contributed by atoms with Crippen LogP contribution in [0.5, 0.6) is 0 Å². The Morgan fingerprint density at radius 2 is 1.32 bits per heavy atom. The first kappa shape index (κ1) is 32.1. The highest BCUT2D eigenvalue weighted by Crippen LogP contribution is 2.33. The number of ether oxygens (including phenoxy) is 5. The van der Waals surface area contributed by atoms with E-state index in [-0.39, 0.29) is 0 Å². The van der Waals surface area contributed by atoms with E-state index in [0.29, 0.717) is 0 Å². The third kappa shape index (κ3) is 6.25. The van der Waals surface area contributed by atoms with Gasteiger partial charge in [0.25, 0.3) is 0 Å². The Hall–Kier alpha value is -0.390. The molecule has 0 spiro atoms. The molecule has 224 valence electrons. The fraction of sp³-hybridized carbons (Fsp3) is 1.00. The lowest BCUT2D eigenvalue weighted by Crippen LogP contribution is -2.75. The van der Waals surface area contributed by atoms with Crippen molar-refractivity contribution in [3.8, 4) is 0 Å². The summed E-state index contributed by atoms with van der Waals surface area (Å²) in [5.41, 5.74) is 15.0. The van der Waals surface area contributed by atoms with Crippen LogP contribution in [0.4, 0.5) is 0 Å². The van der Waals surface area contributed by atoms with Crippen LogP contribution in [0, 0.1) is 0 Å². The summed E-state index contributed by atoms with van der Waals surface area (Å²) in [6.07, 6.45) is -16.5. The van der Waals surface area contributed by atoms with Crippen molar-refractivity contribution in [1.82, 2.24) is 5.32 Å². The van der Waals surface area contributed by atoms with Gasteiger partial charge in [-0.1, -0.05) is 0 Å². The van der Waals surface area contributed by atoms with Crippen molar-refractivity contribution in [3.05, 3.63) is 0 Å². The molecule has 3 heterocycles. The van der Waals surface area contributed by atoms with Crippen molar-refractivity contribution in [3.63, 3.8) is 0 Å². The maximum atomic E-state index is 11.0. The lowest BCUT2D eigenvalue weighted by atomic mass is 9.92. The molecular weight excluding hydrogens is 540 g/mol. The highest BCUT2D eigenvalue weighted by molar-refractivity contribution is 6.20. The van der Waals surface area contributed by atoms with Gasteiger partial charge in [0.1, 0.15) is 48.8 Å². The normalized spacial score (nSPS) is 51.1. The summed E-state index contributed by atoms with van der Waals surface area (Å²) in [7, 11) is 0. The van der Waals surface area contributed by atoms with Gasteiger partial charge in [-0.25, -0.2) is 0 Å². The predicted octanol–water partition coefficient (Wildman–Crippen LogP) is -7.17. The van der Waals surface area contributed by atoms with Crippen molar-refractivity contribution in [1.29, 1.82) is 0 Å². The van der Waals surface area contributed by atoms with Gasteiger partial charge in [0.15, 0.2) is 24.6 Å². The molecule has 15 N–H and O–H groups in total. The number of alkyl halides is 1. The Kier molecular flexibility index (Phi) is 11.0. The molecule has 3 aliphatic heterocycles. The SMILES string of the molecule is CC(Cl)N[C@]1(CO)O[C@H](OC2[C@@H](CO)O[C@@H](OC3[C@@H](CO)O[C@@H](O)[C@H](N)[C@H]3O)[C@H](N)[C@H]2O)[C@H](N)[C@@H](O)[C@@H]1O. The lowest BCUT2D eigenvalue weighted by molar-refractivity contribution is -0.364. The number of aliphatic hydroxyl groups excluding tert-OH is 8. The Morgan fingerprint density at radius 1 is 0.816 bits per heavy atom. The number of nitrogens with two attached hydrogens (primary N) is 3. The third-order valence-corrected chi connectivity index (χ3v) is 7.03. The zero-order valence-corrected chi connectivity index (χ0v) is 21.3. The molecule has 18 heteroatoms. The van der Waals surface area contributed by atoms with Crippen molar-refractivity contribution >= 4 is 11.6 Å². The number of nitrogens with one attached hydrogen (secondary N) is 1. The maximum absolute atomic E-state index is 11.0. The van der Waals surface area contributed by atoms with Crippen molar-refractivity contribution < 1.29 is 64.5 Å². The highest BCUT2D eigenvalue weighted by Gasteiger charge is 2.56. The maximum Gasteiger partial charge on any atom is 0.178 e. The number of halogens is 1. The minimum absolute atomic E-state index is 0.669. The number of hydrogen-bond acceptors (Lipinski definition) is 17. The summed E-state index contributed by atoms with van der Waals surface area (Å²) in [6, 6.07) is -4.06. The van der Waals surface area contributed by atoms with E-state index >= 15 is 0 Å². The van der Waals surface area contributed by atoms with E-state index in [0.717, 1.165) is 0 Å². The van der Waals surface area contributed by atoms with Crippen molar-refractivity contribution in [2.24, 2.45) is 17.2 Å². The standard InChI is InChI=1S/C20H39ClN4O13/c1-5(21)25-20(4-28)16(32)13(31)10(24)19(38-20)37-15-7(3-27)35-18(9(23)12(15)30)36-14-6(2-26)34-17(33)8(22)11(14)29/h5-19,25-33H,2-4,22-24H2,1H3/t5?,6-,7-,8-,9-,10-,11-,12-,13-,14?,15?,16+,17-,18+,19+,20-/m1/s1. The molecule has 0 aliphatic carbocycles. The van der Waals surface area contributed by atoms with Crippen LogP contribution < -0.4 is 22.5 Å². The average Bonchev–Trinajstić information content (AvgIpc) is 2.89. The van der Waals surface area contributed by atoms with Crippen LogP contribution >= 0.6 is 11.6 Å². The molecule has 3 saturated heterocycles. The first-order valence-electron chi connectivity index (χ1n) is 12.0. The van der Waals surface area contributed by atoms with E-state index in [1.165, 1.54) is 6.92 Å². The van der Waals surface area contributed by atoms with E-state index in [2.05, 4.69) is 5.32 Å². The van der Waals surface area contributed by atoms with E-state index < -0.39 is 117 Å². The second-order valence-corrected chi connectivity index (χ2v) is 10.3. The van der Waals surface area contributed by atoms with Gasteiger partial charge in [-0.05, 0) is 6.92 Å². The molecule has 0 aromatic heterocycles. The van der Waals surface area contributed by atoms with Gasteiger partial charge in [0.2, 0.25) is 0 Å². The Labute approximate surface area is 222 Å². The first-order valence-corrected chi connectivity index (χ1v) is 12.5. The molecule has 16 atom stereocenters.